The summed E-state index contributed by atoms with van der Waals surface area (Å²) in [7, 11) is 1.66. The van der Waals surface area contributed by atoms with Gasteiger partial charge in [-0.2, -0.15) is 5.10 Å². The Labute approximate surface area is 125 Å². The summed E-state index contributed by atoms with van der Waals surface area (Å²) < 4.78 is 5.36. The monoisotopic (exact) mass is 278 g/mol. The van der Waals surface area contributed by atoms with Crippen LogP contribution < -0.4 is 5.01 Å². The first-order chi connectivity index (χ1) is 10.3. The largest absolute Gasteiger partial charge is 0.499 e. The summed E-state index contributed by atoms with van der Waals surface area (Å²) in [4.78, 5) is 0. The molecule has 0 radical (unpaired) electrons. The minimum absolute atomic E-state index is 0.0348. The molecule has 0 unspecified atom stereocenters. The van der Waals surface area contributed by atoms with Crippen LogP contribution >= 0.6 is 0 Å². The maximum Gasteiger partial charge on any atom is 0.115 e. The Bertz CT molecular complexity index is 649. The quantitative estimate of drug-likeness (QED) is 0.794. The third-order valence-corrected chi connectivity index (χ3v) is 3.67. The molecule has 0 aromatic heterocycles. The van der Waals surface area contributed by atoms with E-state index in [-0.39, 0.29) is 6.04 Å². The van der Waals surface area contributed by atoms with Gasteiger partial charge in [-0.25, -0.2) is 0 Å². The van der Waals surface area contributed by atoms with Crippen molar-refractivity contribution in [2.75, 3.05) is 12.1 Å². The van der Waals surface area contributed by atoms with Crippen LogP contribution in [0.15, 0.2) is 78.1 Å². The highest BCUT2D eigenvalue weighted by molar-refractivity contribution is 6.03. The molecule has 3 rings (SSSR count). The summed E-state index contributed by atoms with van der Waals surface area (Å²) in [5.41, 5.74) is 3.25. The second-order valence-corrected chi connectivity index (χ2v) is 4.98. The highest BCUT2D eigenvalue weighted by atomic mass is 16.5. The van der Waals surface area contributed by atoms with E-state index in [9.17, 15) is 0 Å². The van der Waals surface area contributed by atoms with Gasteiger partial charge in [0.15, 0.2) is 0 Å². The minimum atomic E-state index is 0.0348. The van der Waals surface area contributed by atoms with Crippen LogP contribution in [0.3, 0.4) is 0 Å². The second-order valence-electron chi connectivity index (χ2n) is 4.98. The predicted molar refractivity (Wildman–Crippen MR) is 86.5 cm³/mol. The number of ether oxygens (including phenoxy) is 1. The molecule has 21 heavy (non-hydrogen) atoms. The van der Waals surface area contributed by atoms with E-state index < -0.39 is 0 Å². The Hall–Kier alpha value is -2.55. The highest BCUT2D eigenvalue weighted by Gasteiger charge is 2.31. The molecule has 3 nitrogen and oxygen atoms in total. The first-order valence-corrected chi connectivity index (χ1v) is 6.99. The van der Waals surface area contributed by atoms with Gasteiger partial charge in [0.05, 0.1) is 18.5 Å². The molecular weight excluding hydrogens is 260 g/mol. The summed E-state index contributed by atoms with van der Waals surface area (Å²) in [5, 5.41) is 6.78. The molecule has 0 spiro atoms. The zero-order valence-corrected chi connectivity index (χ0v) is 12.1. The number of nitrogens with zero attached hydrogens (tertiary/aromatic N) is 2. The van der Waals surface area contributed by atoms with E-state index in [0.29, 0.717) is 0 Å². The fraction of sp³-hybridized carbons (Fsp3) is 0.167. The standard InChI is InChI=1S/C18H18N2O/c1-14(21-2)18-13-17(15-9-5-3-6-10-15)19-20(18)16-11-7-4-8-12-16/h3-12,18H,1,13H2,2H3/t18-/m0/s1. The lowest BCUT2D eigenvalue weighted by Gasteiger charge is -2.24. The summed E-state index contributed by atoms with van der Waals surface area (Å²) in [6.07, 6.45) is 0.797. The molecule has 3 heteroatoms. The topological polar surface area (TPSA) is 24.8 Å². The van der Waals surface area contributed by atoms with Gasteiger partial charge < -0.3 is 4.74 Å². The fourth-order valence-corrected chi connectivity index (χ4v) is 2.52. The van der Waals surface area contributed by atoms with E-state index >= 15 is 0 Å². The molecule has 1 atom stereocenters. The molecule has 0 fully saturated rings. The molecular formula is C18H18N2O. The Morgan fingerprint density at radius 2 is 1.71 bits per heavy atom. The summed E-state index contributed by atoms with van der Waals surface area (Å²) >= 11 is 0. The lowest BCUT2D eigenvalue weighted by Crippen LogP contribution is -2.28. The molecule has 1 aliphatic rings. The van der Waals surface area contributed by atoms with Gasteiger partial charge in [0.1, 0.15) is 11.8 Å². The van der Waals surface area contributed by atoms with Crippen LogP contribution in [0.2, 0.25) is 0 Å². The maximum absolute atomic E-state index is 5.36. The molecule has 106 valence electrons. The van der Waals surface area contributed by atoms with Crippen LogP contribution in [0, 0.1) is 0 Å². The second kappa shape index (κ2) is 5.83. The van der Waals surface area contributed by atoms with E-state index in [4.69, 9.17) is 9.84 Å². The number of methoxy groups -OCH3 is 1. The van der Waals surface area contributed by atoms with Gasteiger partial charge in [0.2, 0.25) is 0 Å². The number of benzene rings is 2. The van der Waals surface area contributed by atoms with Crippen LogP contribution in [0.5, 0.6) is 0 Å². The Morgan fingerprint density at radius 1 is 1.10 bits per heavy atom. The van der Waals surface area contributed by atoms with Crippen LogP contribution in [0.1, 0.15) is 12.0 Å². The average Bonchev–Trinajstić information content (AvgIpc) is 3.01. The average molecular weight is 278 g/mol. The summed E-state index contributed by atoms with van der Waals surface area (Å²) in [6, 6.07) is 20.4. The summed E-state index contributed by atoms with van der Waals surface area (Å²) in [6.45, 7) is 4.02. The number of rotatable bonds is 4. The molecule has 2 aromatic rings. The molecule has 0 saturated heterocycles. The van der Waals surface area contributed by atoms with Crippen molar-refractivity contribution in [1.29, 1.82) is 0 Å². The highest BCUT2D eigenvalue weighted by Crippen LogP contribution is 2.30. The molecule has 0 bridgehead atoms. The first-order valence-electron chi connectivity index (χ1n) is 6.99. The first kappa shape index (κ1) is 13.4. The van der Waals surface area contributed by atoms with Gasteiger partial charge in [0.25, 0.3) is 0 Å². The van der Waals surface area contributed by atoms with Crippen LogP contribution in [-0.2, 0) is 4.74 Å². The SMILES string of the molecule is C=C(OC)[C@@H]1CC(c2ccccc2)=NN1c1ccccc1. The minimum Gasteiger partial charge on any atom is -0.499 e. The maximum atomic E-state index is 5.36. The van der Waals surface area contributed by atoms with Crippen LogP contribution in [0.25, 0.3) is 0 Å². The number of hydrazone groups is 1. The zero-order valence-electron chi connectivity index (χ0n) is 12.1. The number of anilines is 1. The fourth-order valence-electron chi connectivity index (χ4n) is 2.52. The Kier molecular flexibility index (Phi) is 3.73. The van der Waals surface area contributed by atoms with Crippen molar-refractivity contribution in [3.05, 3.63) is 78.6 Å². The predicted octanol–water partition coefficient (Wildman–Crippen LogP) is 3.83. The Balaban J connectivity index is 1.97. The van der Waals surface area contributed by atoms with Crippen molar-refractivity contribution in [3.63, 3.8) is 0 Å². The molecule has 0 saturated carbocycles. The normalized spacial score (nSPS) is 17.5. The van der Waals surface area contributed by atoms with Gasteiger partial charge in [-0.3, -0.25) is 5.01 Å². The molecule has 1 heterocycles. The van der Waals surface area contributed by atoms with E-state index in [0.717, 1.165) is 29.1 Å². The number of hydrogen-bond donors (Lipinski definition) is 0. The van der Waals surface area contributed by atoms with Gasteiger partial charge >= 0.3 is 0 Å². The summed E-state index contributed by atoms with van der Waals surface area (Å²) in [5.74, 6) is 0.730. The van der Waals surface area contributed by atoms with Crippen molar-refractivity contribution < 1.29 is 4.74 Å². The van der Waals surface area contributed by atoms with Crippen LogP contribution in [0.4, 0.5) is 5.69 Å². The molecule has 0 N–H and O–H groups in total. The molecule has 0 amide bonds. The van der Waals surface area contributed by atoms with E-state index in [1.54, 1.807) is 7.11 Å². The zero-order chi connectivity index (χ0) is 14.7. The van der Waals surface area contributed by atoms with Crippen molar-refractivity contribution in [3.8, 4) is 0 Å². The van der Waals surface area contributed by atoms with Crippen LogP contribution in [-0.4, -0.2) is 18.9 Å². The third-order valence-electron chi connectivity index (χ3n) is 3.67. The van der Waals surface area contributed by atoms with Crippen molar-refractivity contribution >= 4 is 11.4 Å². The lowest BCUT2D eigenvalue weighted by atomic mass is 10.0. The van der Waals surface area contributed by atoms with E-state index in [1.165, 1.54) is 0 Å². The van der Waals surface area contributed by atoms with E-state index in [1.807, 2.05) is 53.5 Å². The van der Waals surface area contributed by atoms with Crippen molar-refractivity contribution in [2.24, 2.45) is 5.10 Å². The van der Waals surface area contributed by atoms with Gasteiger partial charge in [-0.05, 0) is 17.7 Å². The number of hydrogen-bond acceptors (Lipinski definition) is 3. The molecule has 0 aliphatic carbocycles. The third kappa shape index (κ3) is 2.68. The Morgan fingerprint density at radius 3 is 2.33 bits per heavy atom. The van der Waals surface area contributed by atoms with Gasteiger partial charge in [-0.1, -0.05) is 55.1 Å². The van der Waals surface area contributed by atoms with E-state index in [2.05, 4.69) is 18.7 Å². The molecule has 1 aliphatic heterocycles. The smallest absolute Gasteiger partial charge is 0.115 e. The van der Waals surface area contributed by atoms with Gasteiger partial charge in [0, 0.05) is 6.42 Å². The number of para-hydroxylation sites is 1. The van der Waals surface area contributed by atoms with Crippen molar-refractivity contribution in [2.45, 2.75) is 12.5 Å². The van der Waals surface area contributed by atoms with Gasteiger partial charge in [-0.15, -0.1) is 0 Å². The van der Waals surface area contributed by atoms with Crippen molar-refractivity contribution in [1.82, 2.24) is 0 Å². The lowest BCUT2D eigenvalue weighted by molar-refractivity contribution is 0.267. The molecule has 2 aromatic carbocycles.